The van der Waals surface area contributed by atoms with Gasteiger partial charge in [-0.2, -0.15) is 0 Å². The van der Waals surface area contributed by atoms with Crippen molar-refractivity contribution in [2.24, 2.45) is 17.3 Å². The number of rotatable bonds is 0. The lowest BCUT2D eigenvalue weighted by molar-refractivity contribution is -0.203. The van der Waals surface area contributed by atoms with Crippen LogP contribution in [0.1, 0.15) is 46.5 Å². The lowest BCUT2D eigenvalue weighted by atomic mass is 9.53. The molecule has 3 rings (SSSR count). The van der Waals surface area contributed by atoms with Gasteiger partial charge in [-0.15, -0.1) is 0 Å². The molecule has 0 aromatic carbocycles. The van der Waals surface area contributed by atoms with E-state index in [1.807, 2.05) is 6.92 Å². The minimum absolute atomic E-state index is 0.0817. The number of fused-ring (bicyclic) bond motifs is 2. The largest absolute Gasteiger partial charge is 0.425 e. The average Bonchev–Trinajstić information content (AvgIpc) is 2.55. The third-order valence-electron chi connectivity index (χ3n) is 5.63. The summed E-state index contributed by atoms with van der Waals surface area (Å²) in [5, 5.41) is 10.5. The van der Waals surface area contributed by atoms with E-state index in [0.29, 0.717) is 6.42 Å². The fourth-order valence-electron chi connectivity index (χ4n) is 4.17. The van der Waals surface area contributed by atoms with Gasteiger partial charge in [0.15, 0.2) is 5.78 Å². The molecule has 0 aromatic rings. The Kier molecular flexibility index (Phi) is 2.50. The third kappa shape index (κ3) is 1.43. The standard InChI is InChI=1S/C15H20O4/c1-8-5-4-6-10-7-15(18)11(9(2)13(17)19-15)12(16)14(8,10)3/h8,10,18H,4-7H2,1-3H3/t8-,10+,14+,15-/m0/s1. The van der Waals surface area contributed by atoms with Crippen LogP contribution in [0, 0.1) is 17.3 Å². The highest BCUT2D eigenvalue weighted by molar-refractivity contribution is 6.11. The monoisotopic (exact) mass is 264 g/mol. The quantitative estimate of drug-likeness (QED) is 0.679. The number of hydrogen-bond donors (Lipinski definition) is 1. The molecule has 104 valence electrons. The Balaban J connectivity index is 2.13. The molecule has 4 heteroatoms. The molecule has 0 spiro atoms. The highest BCUT2D eigenvalue weighted by atomic mass is 16.7. The van der Waals surface area contributed by atoms with Crippen molar-refractivity contribution >= 4 is 11.8 Å². The highest BCUT2D eigenvalue weighted by Gasteiger charge is 2.62. The van der Waals surface area contributed by atoms with Crippen molar-refractivity contribution in [1.82, 2.24) is 0 Å². The van der Waals surface area contributed by atoms with Gasteiger partial charge in [0.2, 0.25) is 5.79 Å². The lowest BCUT2D eigenvalue weighted by Gasteiger charge is -2.51. The average molecular weight is 264 g/mol. The van der Waals surface area contributed by atoms with Crippen molar-refractivity contribution in [3.63, 3.8) is 0 Å². The normalized spacial score (nSPS) is 45.9. The molecule has 0 unspecified atom stereocenters. The SMILES string of the molecule is CC1=C2C(=O)[C@@]3(C)[C@H](CCC[C@@H]3C)C[C@]2(O)OC1=O. The number of esters is 1. The van der Waals surface area contributed by atoms with E-state index in [9.17, 15) is 14.7 Å². The summed E-state index contributed by atoms with van der Waals surface area (Å²) in [7, 11) is 0. The molecule has 0 amide bonds. The zero-order valence-corrected chi connectivity index (χ0v) is 11.7. The van der Waals surface area contributed by atoms with Gasteiger partial charge >= 0.3 is 5.97 Å². The molecule has 2 fully saturated rings. The molecule has 0 aromatic heterocycles. The van der Waals surface area contributed by atoms with Crippen LogP contribution in [0.3, 0.4) is 0 Å². The molecular formula is C15H20O4. The van der Waals surface area contributed by atoms with Crippen LogP contribution in [0.5, 0.6) is 0 Å². The molecular weight excluding hydrogens is 244 g/mol. The second kappa shape index (κ2) is 3.69. The molecule has 1 aliphatic heterocycles. The van der Waals surface area contributed by atoms with Crippen LogP contribution >= 0.6 is 0 Å². The Bertz CT molecular complexity index is 506. The Labute approximate surface area is 112 Å². The van der Waals surface area contributed by atoms with Crippen LogP contribution in [0.2, 0.25) is 0 Å². The molecule has 0 radical (unpaired) electrons. The van der Waals surface area contributed by atoms with Gasteiger partial charge in [-0.25, -0.2) is 4.79 Å². The number of carbonyl (C=O) groups is 2. The number of Topliss-reactive ketones (excluding diaryl/α,β-unsaturated/α-hetero) is 1. The Morgan fingerprint density at radius 2 is 2.00 bits per heavy atom. The van der Waals surface area contributed by atoms with Gasteiger partial charge in [-0.05, 0) is 31.6 Å². The van der Waals surface area contributed by atoms with Crippen LogP contribution < -0.4 is 0 Å². The summed E-state index contributed by atoms with van der Waals surface area (Å²) >= 11 is 0. The minimum Gasteiger partial charge on any atom is -0.425 e. The molecule has 4 nitrogen and oxygen atoms in total. The summed E-state index contributed by atoms with van der Waals surface area (Å²) in [6, 6.07) is 0. The molecule has 0 saturated heterocycles. The van der Waals surface area contributed by atoms with Gasteiger partial charge < -0.3 is 9.84 Å². The van der Waals surface area contributed by atoms with Gasteiger partial charge in [0, 0.05) is 17.4 Å². The number of ketones is 1. The zero-order chi connectivity index (χ0) is 14.0. The predicted molar refractivity (Wildman–Crippen MR) is 68.0 cm³/mol. The van der Waals surface area contributed by atoms with E-state index in [4.69, 9.17) is 4.74 Å². The second-order valence-corrected chi connectivity index (χ2v) is 6.52. The van der Waals surface area contributed by atoms with Gasteiger partial charge in [-0.1, -0.05) is 20.3 Å². The molecule has 2 saturated carbocycles. The van der Waals surface area contributed by atoms with Crippen LogP contribution in [0.4, 0.5) is 0 Å². The number of ether oxygens (including phenoxy) is 1. The topological polar surface area (TPSA) is 63.6 Å². The van der Waals surface area contributed by atoms with E-state index in [0.717, 1.165) is 19.3 Å². The highest BCUT2D eigenvalue weighted by Crippen LogP contribution is 2.57. The van der Waals surface area contributed by atoms with E-state index < -0.39 is 17.2 Å². The fraction of sp³-hybridized carbons (Fsp3) is 0.733. The Hall–Kier alpha value is -1.16. The Morgan fingerprint density at radius 1 is 1.32 bits per heavy atom. The maximum atomic E-state index is 12.9. The van der Waals surface area contributed by atoms with Gasteiger partial charge in [-0.3, -0.25) is 4.79 Å². The minimum atomic E-state index is -1.67. The van der Waals surface area contributed by atoms with E-state index in [1.54, 1.807) is 6.92 Å². The van der Waals surface area contributed by atoms with Crippen molar-refractivity contribution in [3.8, 4) is 0 Å². The maximum Gasteiger partial charge on any atom is 0.337 e. The van der Waals surface area contributed by atoms with Crippen LogP contribution in [0.15, 0.2) is 11.1 Å². The van der Waals surface area contributed by atoms with Crippen LogP contribution in [0.25, 0.3) is 0 Å². The molecule has 4 atom stereocenters. The first-order chi connectivity index (χ1) is 8.80. The van der Waals surface area contributed by atoms with Crippen LogP contribution in [-0.4, -0.2) is 22.6 Å². The molecule has 2 aliphatic carbocycles. The summed E-state index contributed by atoms with van der Waals surface area (Å²) in [4.78, 5) is 24.6. The summed E-state index contributed by atoms with van der Waals surface area (Å²) in [6.45, 7) is 5.67. The van der Waals surface area contributed by atoms with E-state index in [-0.39, 0.29) is 28.8 Å². The first-order valence-electron chi connectivity index (χ1n) is 7.02. The van der Waals surface area contributed by atoms with E-state index in [2.05, 4.69) is 6.92 Å². The third-order valence-corrected chi connectivity index (χ3v) is 5.63. The summed E-state index contributed by atoms with van der Waals surface area (Å²) in [6.07, 6.45) is 3.37. The van der Waals surface area contributed by atoms with Crippen molar-refractivity contribution in [2.75, 3.05) is 0 Å². The van der Waals surface area contributed by atoms with Gasteiger partial charge in [0.25, 0.3) is 0 Å². The first kappa shape index (κ1) is 12.9. The molecule has 19 heavy (non-hydrogen) atoms. The molecule has 3 aliphatic rings. The van der Waals surface area contributed by atoms with Crippen LogP contribution in [-0.2, 0) is 14.3 Å². The van der Waals surface area contributed by atoms with Crippen molar-refractivity contribution in [2.45, 2.75) is 52.2 Å². The summed E-state index contributed by atoms with van der Waals surface area (Å²) in [5.41, 5.74) is 0.0321. The smallest absolute Gasteiger partial charge is 0.337 e. The molecule has 1 heterocycles. The summed E-state index contributed by atoms with van der Waals surface area (Å²) in [5.74, 6) is -1.93. The number of hydrogen-bond acceptors (Lipinski definition) is 4. The Morgan fingerprint density at radius 3 is 2.68 bits per heavy atom. The predicted octanol–water partition coefficient (Wildman–Crippen LogP) is 1.96. The number of aliphatic hydroxyl groups is 1. The lowest BCUT2D eigenvalue weighted by Crippen LogP contribution is -2.55. The fourth-order valence-corrected chi connectivity index (χ4v) is 4.17. The number of carbonyl (C=O) groups excluding carboxylic acids is 2. The van der Waals surface area contributed by atoms with Gasteiger partial charge in [0.05, 0.1) is 5.57 Å². The van der Waals surface area contributed by atoms with Crippen molar-refractivity contribution < 1.29 is 19.4 Å². The van der Waals surface area contributed by atoms with Gasteiger partial charge in [0.1, 0.15) is 0 Å². The maximum absolute atomic E-state index is 12.9. The van der Waals surface area contributed by atoms with Crippen molar-refractivity contribution in [3.05, 3.63) is 11.1 Å². The first-order valence-corrected chi connectivity index (χ1v) is 7.02. The molecule has 1 N–H and O–H groups in total. The van der Waals surface area contributed by atoms with E-state index in [1.165, 1.54) is 0 Å². The molecule has 0 bridgehead atoms. The second-order valence-electron chi connectivity index (χ2n) is 6.52. The van der Waals surface area contributed by atoms with E-state index >= 15 is 0 Å². The zero-order valence-electron chi connectivity index (χ0n) is 11.7. The summed E-state index contributed by atoms with van der Waals surface area (Å²) < 4.78 is 5.09. The van der Waals surface area contributed by atoms with Crippen molar-refractivity contribution in [1.29, 1.82) is 0 Å².